The van der Waals surface area contributed by atoms with Crippen molar-refractivity contribution in [2.75, 3.05) is 5.75 Å². The minimum absolute atomic E-state index is 0.102. The molecule has 0 spiro atoms. The standard InChI is InChI=1S/C15H11BrFN3O2S/c16-14-18-19-15(23-8-13(21)22)20(14)7-9-5-6-12(17)11-4-2-1-3-10(9)11/h1-6H,7-8H2,(H,21,22). The highest BCUT2D eigenvalue weighted by molar-refractivity contribution is 9.10. The summed E-state index contributed by atoms with van der Waals surface area (Å²) in [5.74, 6) is -1.30. The Morgan fingerprint density at radius 1 is 1.22 bits per heavy atom. The van der Waals surface area contributed by atoms with E-state index in [-0.39, 0.29) is 11.6 Å². The molecule has 0 amide bonds. The number of carbonyl (C=O) groups is 1. The Morgan fingerprint density at radius 3 is 2.70 bits per heavy atom. The van der Waals surface area contributed by atoms with Crippen molar-refractivity contribution in [3.63, 3.8) is 0 Å². The first kappa shape index (κ1) is 15.9. The molecule has 5 nitrogen and oxygen atoms in total. The molecule has 8 heteroatoms. The molecular weight excluding hydrogens is 385 g/mol. The van der Waals surface area contributed by atoms with Crippen LogP contribution in [0.3, 0.4) is 0 Å². The first-order valence-electron chi connectivity index (χ1n) is 6.65. The van der Waals surface area contributed by atoms with Crippen LogP contribution in [0.2, 0.25) is 0 Å². The van der Waals surface area contributed by atoms with Crippen molar-refractivity contribution in [2.24, 2.45) is 0 Å². The van der Waals surface area contributed by atoms with Crippen LogP contribution >= 0.6 is 27.7 Å². The van der Waals surface area contributed by atoms with E-state index < -0.39 is 5.97 Å². The maximum absolute atomic E-state index is 13.9. The fraction of sp³-hybridized carbons (Fsp3) is 0.133. The Kier molecular flexibility index (Phi) is 4.63. The average molecular weight is 396 g/mol. The smallest absolute Gasteiger partial charge is 0.313 e. The number of fused-ring (bicyclic) bond motifs is 1. The molecule has 0 fully saturated rings. The highest BCUT2D eigenvalue weighted by Gasteiger charge is 2.14. The summed E-state index contributed by atoms with van der Waals surface area (Å²) in [6.45, 7) is 0.413. The van der Waals surface area contributed by atoms with E-state index in [4.69, 9.17) is 5.11 Å². The number of rotatable bonds is 5. The molecule has 1 heterocycles. The van der Waals surface area contributed by atoms with Gasteiger partial charge in [0.1, 0.15) is 5.82 Å². The third-order valence-corrected chi connectivity index (χ3v) is 4.82. The Hall–Kier alpha value is -1.93. The molecule has 0 unspecified atom stereocenters. The van der Waals surface area contributed by atoms with Gasteiger partial charge in [-0.25, -0.2) is 4.39 Å². The van der Waals surface area contributed by atoms with Gasteiger partial charge in [0.2, 0.25) is 4.73 Å². The zero-order valence-corrected chi connectivity index (χ0v) is 14.1. The second kappa shape index (κ2) is 6.67. The van der Waals surface area contributed by atoms with Gasteiger partial charge in [-0.05, 0) is 32.9 Å². The van der Waals surface area contributed by atoms with Crippen molar-refractivity contribution in [2.45, 2.75) is 11.7 Å². The largest absolute Gasteiger partial charge is 0.481 e. The van der Waals surface area contributed by atoms with Gasteiger partial charge in [-0.15, -0.1) is 10.2 Å². The molecule has 0 saturated carbocycles. The predicted octanol–water partition coefficient (Wildman–Crippen LogP) is 3.56. The van der Waals surface area contributed by atoms with Gasteiger partial charge in [0.15, 0.2) is 5.16 Å². The topological polar surface area (TPSA) is 68.0 Å². The van der Waals surface area contributed by atoms with Gasteiger partial charge in [-0.3, -0.25) is 9.36 Å². The minimum Gasteiger partial charge on any atom is -0.481 e. The SMILES string of the molecule is O=C(O)CSc1nnc(Br)n1Cc1ccc(F)c2ccccc12. The van der Waals surface area contributed by atoms with Crippen LogP contribution in [0.25, 0.3) is 10.8 Å². The number of aliphatic carboxylic acids is 1. The molecule has 1 aromatic heterocycles. The number of nitrogens with zero attached hydrogens (tertiary/aromatic N) is 3. The van der Waals surface area contributed by atoms with E-state index in [2.05, 4.69) is 26.1 Å². The number of carboxylic acids is 1. The third kappa shape index (κ3) is 3.37. The summed E-state index contributed by atoms with van der Waals surface area (Å²) in [6.07, 6.45) is 0. The Morgan fingerprint density at radius 2 is 1.96 bits per heavy atom. The van der Waals surface area contributed by atoms with Crippen molar-refractivity contribution in [3.05, 3.63) is 52.5 Å². The number of hydrogen-bond acceptors (Lipinski definition) is 4. The van der Waals surface area contributed by atoms with Crippen molar-refractivity contribution in [3.8, 4) is 0 Å². The number of carboxylic acid groups (broad SMARTS) is 1. The molecular formula is C15H11BrFN3O2S. The van der Waals surface area contributed by atoms with Crippen LogP contribution in [0.4, 0.5) is 4.39 Å². The molecule has 0 aliphatic heterocycles. The van der Waals surface area contributed by atoms with E-state index in [1.807, 2.05) is 12.1 Å². The molecule has 118 valence electrons. The second-order valence-electron chi connectivity index (χ2n) is 4.77. The maximum atomic E-state index is 13.9. The highest BCUT2D eigenvalue weighted by atomic mass is 79.9. The fourth-order valence-electron chi connectivity index (χ4n) is 2.27. The highest BCUT2D eigenvalue weighted by Crippen LogP contribution is 2.26. The minimum atomic E-state index is -0.923. The quantitative estimate of drug-likeness (QED) is 0.668. The zero-order chi connectivity index (χ0) is 16.4. The lowest BCUT2D eigenvalue weighted by Gasteiger charge is -2.10. The Balaban J connectivity index is 1.98. The van der Waals surface area contributed by atoms with Crippen LogP contribution in [0.1, 0.15) is 5.56 Å². The van der Waals surface area contributed by atoms with Gasteiger partial charge in [-0.1, -0.05) is 42.1 Å². The fourth-order valence-corrected chi connectivity index (χ4v) is 3.42. The number of halogens is 2. The van der Waals surface area contributed by atoms with E-state index in [0.717, 1.165) is 22.7 Å². The number of hydrogen-bond donors (Lipinski definition) is 1. The van der Waals surface area contributed by atoms with E-state index >= 15 is 0 Å². The van der Waals surface area contributed by atoms with Gasteiger partial charge in [-0.2, -0.15) is 0 Å². The van der Waals surface area contributed by atoms with Crippen LogP contribution < -0.4 is 0 Å². The van der Waals surface area contributed by atoms with Gasteiger partial charge < -0.3 is 5.11 Å². The van der Waals surface area contributed by atoms with Gasteiger partial charge in [0.05, 0.1) is 12.3 Å². The third-order valence-electron chi connectivity index (χ3n) is 3.29. The normalized spacial score (nSPS) is 11.0. The maximum Gasteiger partial charge on any atom is 0.313 e. The molecule has 0 radical (unpaired) electrons. The van der Waals surface area contributed by atoms with Gasteiger partial charge in [0.25, 0.3) is 0 Å². The van der Waals surface area contributed by atoms with Crippen molar-refractivity contribution < 1.29 is 14.3 Å². The molecule has 2 aromatic carbocycles. The van der Waals surface area contributed by atoms with Crippen molar-refractivity contribution >= 4 is 44.4 Å². The number of aromatic nitrogens is 3. The Bertz CT molecular complexity index is 884. The van der Waals surface area contributed by atoms with Crippen LogP contribution in [0, 0.1) is 5.82 Å². The van der Waals surface area contributed by atoms with Crippen LogP contribution in [0.5, 0.6) is 0 Å². The molecule has 0 bridgehead atoms. The summed E-state index contributed by atoms with van der Waals surface area (Å²) >= 11 is 4.40. The predicted molar refractivity (Wildman–Crippen MR) is 89.1 cm³/mol. The number of benzene rings is 2. The van der Waals surface area contributed by atoms with E-state index in [1.165, 1.54) is 6.07 Å². The molecule has 23 heavy (non-hydrogen) atoms. The van der Waals surface area contributed by atoms with Crippen LogP contribution in [-0.2, 0) is 11.3 Å². The summed E-state index contributed by atoms with van der Waals surface area (Å²) in [5, 5.41) is 18.6. The van der Waals surface area contributed by atoms with E-state index in [1.54, 1.807) is 22.8 Å². The molecule has 0 aliphatic carbocycles. The summed E-state index contributed by atoms with van der Waals surface area (Å²) in [6, 6.07) is 10.4. The van der Waals surface area contributed by atoms with Crippen molar-refractivity contribution in [1.29, 1.82) is 0 Å². The number of thioether (sulfide) groups is 1. The lowest BCUT2D eigenvalue weighted by atomic mass is 10.0. The summed E-state index contributed by atoms with van der Waals surface area (Å²) < 4.78 is 16.2. The van der Waals surface area contributed by atoms with Gasteiger partial charge >= 0.3 is 5.97 Å². The zero-order valence-electron chi connectivity index (χ0n) is 11.7. The lowest BCUT2D eigenvalue weighted by Crippen LogP contribution is -2.05. The lowest BCUT2D eigenvalue weighted by molar-refractivity contribution is -0.133. The summed E-state index contributed by atoms with van der Waals surface area (Å²) in [7, 11) is 0. The second-order valence-corrected chi connectivity index (χ2v) is 6.42. The Labute approximate surface area is 143 Å². The molecule has 1 N–H and O–H groups in total. The van der Waals surface area contributed by atoms with Crippen LogP contribution in [-0.4, -0.2) is 31.6 Å². The van der Waals surface area contributed by atoms with Gasteiger partial charge in [0, 0.05) is 5.39 Å². The molecule has 0 aliphatic rings. The van der Waals surface area contributed by atoms with E-state index in [9.17, 15) is 9.18 Å². The molecule has 0 saturated heterocycles. The summed E-state index contributed by atoms with van der Waals surface area (Å²) in [4.78, 5) is 10.7. The first-order valence-corrected chi connectivity index (χ1v) is 8.43. The van der Waals surface area contributed by atoms with Crippen LogP contribution in [0.15, 0.2) is 46.3 Å². The molecule has 3 aromatic rings. The molecule has 0 atom stereocenters. The van der Waals surface area contributed by atoms with Crippen molar-refractivity contribution in [1.82, 2.24) is 14.8 Å². The molecule has 3 rings (SSSR count). The monoisotopic (exact) mass is 395 g/mol. The average Bonchev–Trinajstić information content (AvgIpc) is 2.89. The summed E-state index contributed by atoms with van der Waals surface area (Å²) in [5.41, 5.74) is 0.902. The van der Waals surface area contributed by atoms with E-state index in [0.29, 0.717) is 21.8 Å². The first-order chi connectivity index (χ1) is 11.1.